The van der Waals surface area contributed by atoms with Crippen LogP contribution in [0.25, 0.3) is 0 Å². The number of hydrogen-bond acceptors (Lipinski definition) is 4. The molecule has 0 aliphatic carbocycles. The zero-order chi connectivity index (χ0) is 17.1. The molecular formula is C19H21NO4. The van der Waals surface area contributed by atoms with Crippen molar-refractivity contribution in [3.05, 3.63) is 42.0 Å². The summed E-state index contributed by atoms with van der Waals surface area (Å²) in [5.41, 5.74) is 1.23. The van der Waals surface area contributed by atoms with Gasteiger partial charge in [-0.3, -0.25) is 9.59 Å². The topological polar surface area (TPSA) is 55.8 Å². The molecule has 4 atom stereocenters. The van der Waals surface area contributed by atoms with Crippen molar-refractivity contribution in [2.45, 2.75) is 38.6 Å². The molecule has 1 spiro atoms. The Kier molecular flexibility index (Phi) is 3.32. The van der Waals surface area contributed by atoms with Crippen molar-refractivity contribution >= 4 is 17.6 Å². The predicted octanol–water partition coefficient (Wildman–Crippen LogP) is 2.23. The maximum Gasteiger partial charge on any atom is 0.313 e. The molecule has 3 heterocycles. The fraction of sp³-hybridized carbons (Fsp3) is 0.474. The van der Waals surface area contributed by atoms with Crippen LogP contribution in [0, 0.1) is 18.8 Å². The highest BCUT2D eigenvalue weighted by molar-refractivity contribution is 6.02. The van der Waals surface area contributed by atoms with Crippen LogP contribution in [0.2, 0.25) is 0 Å². The van der Waals surface area contributed by atoms with E-state index in [1.165, 1.54) is 0 Å². The minimum atomic E-state index is -0.702. The molecule has 1 aromatic carbocycles. The Morgan fingerprint density at radius 3 is 2.92 bits per heavy atom. The van der Waals surface area contributed by atoms with Gasteiger partial charge in [0, 0.05) is 5.69 Å². The van der Waals surface area contributed by atoms with Crippen LogP contribution >= 0.6 is 0 Å². The van der Waals surface area contributed by atoms with Crippen molar-refractivity contribution in [3.8, 4) is 0 Å². The zero-order valence-corrected chi connectivity index (χ0v) is 14.1. The fourth-order valence-corrected chi connectivity index (χ4v) is 4.09. The Labute approximate surface area is 141 Å². The van der Waals surface area contributed by atoms with E-state index in [0.717, 1.165) is 11.3 Å². The van der Waals surface area contributed by atoms with Crippen LogP contribution in [-0.4, -0.2) is 36.2 Å². The SMILES string of the molecule is Cc1cccc(N2C[C@]34C=C[C@@H](O3)[C@H](C(=O)OC(C)C)[C@@H]4C2=O)c1. The number of rotatable bonds is 3. The number of ether oxygens (including phenoxy) is 2. The van der Waals surface area contributed by atoms with E-state index in [1.54, 1.807) is 4.90 Å². The van der Waals surface area contributed by atoms with Gasteiger partial charge in [0.2, 0.25) is 5.91 Å². The summed E-state index contributed by atoms with van der Waals surface area (Å²) in [6.45, 7) is 6.06. The maximum atomic E-state index is 13.1. The van der Waals surface area contributed by atoms with Crippen molar-refractivity contribution in [3.63, 3.8) is 0 Å². The number of benzene rings is 1. The minimum absolute atomic E-state index is 0.0573. The van der Waals surface area contributed by atoms with Gasteiger partial charge in [0.15, 0.2) is 0 Å². The molecule has 0 saturated carbocycles. The normalized spacial score (nSPS) is 33.4. The Morgan fingerprint density at radius 2 is 2.21 bits per heavy atom. The number of amides is 1. The molecular weight excluding hydrogens is 306 g/mol. The van der Waals surface area contributed by atoms with Crippen molar-refractivity contribution in [1.29, 1.82) is 0 Å². The smallest absolute Gasteiger partial charge is 0.313 e. The Hall–Kier alpha value is -2.14. The molecule has 4 rings (SSSR count). The van der Waals surface area contributed by atoms with Gasteiger partial charge in [-0.25, -0.2) is 0 Å². The highest BCUT2D eigenvalue weighted by atomic mass is 16.6. The van der Waals surface area contributed by atoms with E-state index in [-0.39, 0.29) is 24.1 Å². The minimum Gasteiger partial charge on any atom is -0.463 e. The molecule has 1 amide bonds. The molecule has 1 aromatic rings. The van der Waals surface area contributed by atoms with E-state index in [4.69, 9.17) is 9.47 Å². The fourth-order valence-electron chi connectivity index (χ4n) is 4.09. The molecule has 126 valence electrons. The van der Waals surface area contributed by atoms with E-state index in [1.807, 2.05) is 57.2 Å². The molecule has 3 aliphatic heterocycles. The highest BCUT2D eigenvalue weighted by Crippen LogP contribution is 2.52. The predicted molar refractivity (Wildman–Crippen MR) is 88.5 cm³/mol. The van der Waals surface area contributed by atoms with Crippen LogP contribution in [0.5, 0.6) is 0 Å². The standard InChI is InChI=1S/C19H21NO4/c1-11(2)23-18(22)15-14-7-8-19(24-14)10-20(17(21)16(15)19)13-6-4-5-12(3)9-13/h4-9,11,14-16H,10H2,1-3H3/t14-,15+,16-,19+/m1/s1. The van der Waals surface area contributed by atoms with Crippen molar-refractivity contribution < 1.29 is 19.1 Å². The molecule has 2 fully saturated rings. The summed E-state index contributed by atoms with van der Waals surface area (Å²) in [4.78, 5) is 27.3. The molecule has 5 heteroatoms. The van der Waals surface area contributed by atoms with Crippen molar-refractivity contribution in [2.24, 2.45) is 11.8 Å². The van der Waals surface area contributed by atoms with Gasteiger partial charge in [-0.05, 0) is 38.5 Å². The first-order chi connectivity index (χ1) is 11.4. The summed E-state index contributed by atoms with van der Waals surface area (Å²) < 4.78 is 11.5. The lowest BCUT2D eigenvalue weighted by atomic mass is 9.77. The number of anilines is 1. The number of carbonyl (C=O) groups is 2. The largest absolute Gasteiger partial charge is 0.463 e. The van der Waals surface area contributed by atoms with Gasteiger partial charge in [-0.2, -0.15) is 0 Å². The molecule has 0 aromatic heterocycles. The van der Waals surface area contributed by atoms with Crippen LogP contribution in [0.15, 0.2) is 36.4 Å². The lowest BCUT2D eigenvalue weighted by Gasteiger charge is -2.23. The third-order valence-corrected chi connectivity index (χ3v) is 5.04. The summed E-state index contributed by atoms with van der Waals surface area (Å²) in [7, 11) is 0. The molecule has 24 heavy (non-hydrogen) atoms. The van der Waals surface area contributed by atoms with Gasteiger partial charge in [-0.1, -0.05) is 24.3 Å². The first kappa shape index (κ1) is 15.4. The summed E-state index contributed by atoms with van der Waals surface area (Å²) in [5, 5.41) is 0. The molecule has 2 saturated heterocycles. The summed E-state index contributed by atoms with van der Waals surface area (Å²) >= 11 is 0. The third kappa shape index (κ3) is 2.11. The van der Waals surface area contributed by atoms with Gasteiger partial charge in [-0.15, -0.1) is 0 Å². The number of nitrogens with zero attached hydrogens (tertiary/aromatic N) is 1. The van der Waals surface area contributed by atoms with Crippen LogP contribution in [-0.2, 0) is 19.1 Å². The van der Waals surface area contributed by atoms with E-state index in [9.17, 15) is 9.59 Å². The second-order valence-electron chi connectivity index (χ2n) is 7.15. The van der Waals surface area contributed by atoms with Crippen LogP contribution in [0.3, 0.4) is 0 Å². The van der Waals surface area contributed by atoms with Crippen molar-refractivity contribution in [2.75, 3.05) is 11.4 Å². The number of fused-ring (bicyclic) bond motifs is 1. The van der Waals surface area contributed by atoms with Gasteiger partial charge in [0.05, 0.1) is 24.7 Å². The monoisotopic (exact) mass is 327 g/mol. The first-order valence-corrected chi connectivity index (χ1v) is 8.37. The van der Waals surface area contributed by atoms with E-state index in [0.29, 0.717) is 6.54 Å². The van der Waals surface area contributed by atoms with Gasteiger partial charge in [0.25, 0.3) is 0 Å². The summed E-state index contributed by atoms with van der Waals surface area (Å²) in [6, 6.07) is 7.82. The summed E-state index contributed by atoms with van der Waals surface area (Å²) in [5.74, 6) is -1.46. The average molecular weight is 327 g/mol. The Bertz CT molecular complexity index is 741. The van der Waals surface area contributed by atoms with Gasteiger partial charge >= 0.3 is 5.97 Å². The highest BCUT2D eigenvalue weighted by Gasteiger charge is 2.67. The maximum absolute atomic E-state index is 13.1. The summed E-state index contributed by atoms with van der Waals surface area (Å²) in [6.07, 6.45) is 3.29. The zero-order valence-electron chi connectivity index (χ0n) is 14.1. The number of esters is 1. The van der Waals surface area contributed by atoms with Gasteiger partial charge in [0.1, 0.15) is 11.5 Å². The first-order valence-electron chi connectivity index (χ1n) is 8.37. The Balaban J connectivity index is 1.68. The molecule has 0 radical (unpaired) electrons. The number of hydrogen-bond donors (Lipinski definition) is 0. The number of carbonyl (C=O) groups excluding carboxylic acids is 2. The molecule has 3 aliphatic rings. The average Bonchev–Trinajstić information content (AvgIpc) is 3.15. The lowest BCUT2D eigenvalue weighted by molar-refractivity contribution is -0.156. The lowest BCUT2D eigenvalue weighted by Crippen LogP contribution is -2.40. The van der Waals surface area contributed by atoms with Crippen molar-refractivity contribution in [1.82, 2.24) is 0 Å². The second-order valence-corrected chi connectivity index (χ2v) is 7.15. The molecule has 0 unspecified atom stereocenters. The van der Waals surface area contributed by atoms with E-state index >= 15 is 0 Å². The van der Waals surface area contributed by atoms with Crippen LogP contribution in [0.4, 0.5) is 5.69 Å². The molecule has 0 N–H and O–H groups in total. The van der Waals surface area contributed by atoms with E-state index < -0.39 is 17.4 Å². The van der Waals surface area contributed by atoms with Crippen LogP contribution < -0.4 is 4.90 Å². The van der Waals surface area contributed by atoms with Gasteiger partial charge < -0.3 is 14.4 Å². The Morgan fingerprint density at radius 1 is 1.42 bits per heavy atom. The van der Waals surface area contributed by atoms with Crippen LogP contribution in [0.1, 0.15) is 19.4 Å². The van der Waals surface area contributed by atoms with E-state index in [2.05, 4.69) is 0 Å². The molecule has 5 nitrogen and oxygen atoms in total. The quantitative estimate of drug-likeness (QED) is 0.631. The number of aryl methyl sites for hydroxylation is 1. The third-order valence-electron chi connectivity index (χ3n) is 5.04. The molecule has 2 bridgehead atoms. The second kappa shape index (κ2) is 5.18.